The molecule has 0 atom stereocenters. The molecular weight excluding hydrogens is 274 g/mol. The van der Waals surface area contributed by atoms with Crippen molar-refractivity contribution in [3.63, 3.8) is 0 Å². The molecule has 1 saturated carbocycles. The van der Waals surface area contributed by atoms with Crippen LogP contribution in [0.3, 0.4) is 0 Å². The second-order valence-electron chi connectivity index (χ2n) is 6.78. The van der Waals surface area contributed by atoms with Gasteiger partial charge in [0.1, 0.15) is 5.69 Å². The molecule has 22 heavy (non-hydrogen) atoms. The Kier molecular flexibility index (Phi) is 5.19. The highest BCUT2D eigenvalue weighted by Gasteiger charge is 2.21. The smallest absolute Gasteiger partial charge is 0.237 e. The maximum absolute atomic E-state index is 5.54. The van der Waals surface area contributed by atoms with E-state index in [0.29, 0.717) is 5.92 Å². The van der Waals surface area contributed by atoms with E-state index in [-0.39, 0.29) is 0 Å². The van der Waals surface area contributed by atoms with Crippen molar-refractivity contribution < 1.29 is 4.74 Å². The van der Waals surface area contributed by atoms with Crippen LogP contribution in [0, 0.1) is 0 Å². The van der Waals surface area contributed by atoms with Crippen LogP contribution in [0.25, 0.3) is 0 Å². The van der Waals surface area contributed by atoms with E-state index < -0.39 is 0 Å². The molecule has 3 rings (SSSR count). The van der Waals surface area contributed by atoms with Crippen LogP contribution in [0.4, 0.5) is 5.69 Å². The van der Waals surface area contributed by atoms with Gasteiger partial charge in [0.05, 0.1) is 7.11 Å². The molecule has 4 nitrogen and oxygen atoms in total. The highest BCUT2D eigenvalue weighted by Crippen LogP contribution is 2.36. The lowest BCUT2D eigenvalue weighted by molar-refractivity contribution is 0.359. The van der Waals surface area contributed by atoms with Crippen LogP contribution in [-0.4, -0.2) is 50.2 Å². The average molecular weight is 303 g/mol. The molecule has 0 N–H and O–H groups in total. The quantitative estimate of drug-likeness (QED) is 0.857. The summed E-state index contributed by atoms with van der Waals surface area (Å²) in [5.41, 5.74) is 2.61. The Morgan fingerprint density at radius 1 is 1.05 bits per heavy atom. The number of nitrogens with zero attached hydrogens (tertiary/aromatic N) is 3. The number of methoxy groups -OCH3 is 1. The molecule has 1 aromatic rings. The van der Waals surface area contributed by atoms with E-state index in [2.05, 4.69) is 27.9 Å². The van der Waals surface area contributed by atoms with Crippen LogP contribution >= 0.6 is 0 Å². The van der Waals surface area contributed by atoms with Gasteiger partial charge >= 0.3 is 0 Å². The number of likely N-dealkylation sites (N-methyl/N-ethyl adjacent to an activating group) is 1. The summed E-state index contributed by atoms with van der Waals surface area (Å²) in [5, 5.41) is 0. The van der Waals surface area contributed by atoms with Crippen molar-refractivity contribution in [3.8, 4) is 5.88 Å². The molecule has 2 heterocycles. The van der Waals surface area contributed by atoms with E-state index >= 15 is 0 Å². The first-order chi connectivity index (χ1) is 10.8. The third kappa shape index (κ3) is 3.54. The molecule has 4 heteroatoms. The standard InChI is InChI=1S/C18H29N3O/c1-20-9-6-10-21(12-11-20)17-13-16(14-19-18(17)22-2)15-7-4-3-5-8-15/h13-15H,3-12H2,1-2H3. The minimum absolute atomic E-state index is 0.695. The van der Waals surface area contributed by atoms with Crippen LogP contribution in [0.5, 0.6) is 5.88 Å². The number of hydrogen-bond acceptors (Lipinski definition) is 4. The van der Waals surface area contributed by atoms with Crippen LogP contribution in [-0.2, 0) is 0 Å². The van der Waals surface area contributed by atoms with Crippen LogP contribution in [0.1, 0.15) is 50.0 Å². The van der Waals surface area contributed by atoms with E-state index in [1.807, 2.05) is 6.20 Å². The Morgan fingerprint density at radius 3 is 2.64 bits per heavy atom. The normalized spacial score (nSPS) is 21.6. The summed E-state index contributed by atoms with van der Waals surface area (Å²) in [5.74, 6) is 1.48. The second kappa shape index (κ2) is 7.32. The Labute approximate surface area is 134 Å². The summed E-state index contributed by atoms with van der Waals surface area (Å²) in [7, 11) is 3.94. The summed E-state index contributed by atoms with van der Waals surface area (Å²) in [6, 6.07) is 2.35. The first-order valence-corrected chi connectivity index (χ1v) is 8.75. The van der Waals surface area contributed by atoms with E-state index in [4.69, 9.17) is 4.74 Å². The molecule has 0 amide bonds. The number of anilines is 1. The van der Waals surface area contributed by atoms with Gasteiger partial charge in [0.2, 0.25) is 5.88 Å². The first kappa shape index (κ1) is 15.6. The fourth-order valence-electron chi connectivity index (χ4n) is 3.79. The third-order valence-corrected chi connectivity index (χ3v) is 5.18. The van der Waals surface area contributed by atoms with Crippen LogP contribution in [0.15, 0.2) is 12.3 Å². The molecule has 0 bridgehead atoms. The Hall–Kier alpha value is -1.29. The lowest BCUT2D eigenvalue weighted by Gasteiger charge is -2.27. The van der Waals surface area contributed by atoms with Gasteiger partial charge < -0.3 is 14.5 Å². The van der Waals surface area contributed by atoms with Crippen molar-refractivity contribution in [2.75, 3.05) is 45.2 Å². The van der Waals surface area contributed by atoms with Gasteiger partial charge in [0.25, 0.3) is 0 Å². The Bertz CT molecular complexity index is 485. The molecule has 122 valence electrons. The van der Waals surface area contributed by atoms with Crippen molar-refractivity contribution in [3.05, 3.63) is 17.8 Å². The average Bonchev–Trinajstić information content (AvgIpc) is 2.79. The summed E-state index contributed by atoms with van der Waals surface area (Å²) in [4.78, 5) is 9.49. The van der Waals surface area contributed by atoms with Gasteiger partial charge in [-0.25, -0.2) is 4.98 Å². The number of pyridine rings is 1. The van der Waals surface area contributed by atoms with Gasteiger partial charge in [-0.3, -0.25) is 0 Å². The first-order valence-electron chi connectivity index (χ1n) is 8.75. The lowest BCUT2D eigenvalue weighted by atomic mass is 9.84. The fourth-order valence-corrected chi connectivity index (χ4v) is 3.79. The van der Waals surface area contributed by atoms with Gasteiger partial charge in [-0.05, 0) is 50.4 Å². The zero-order valence-electron chi connectivity index (χ0n) is 14.1. The highest BCUT2D eigenvalue weighted by molar-refractivity contribution is 5.57. The zero-order valence-corrected chi connectivity index (χ0v) is 14.1. The minimum Gasteiger partial charge on any atom is -0.480 e. The van der Waals surface area contributed by atoms with Gasteiger partial charge in [-0.2, -0.15) is 0 Å². The molecule has 1 aromatic heterocycles. The largest absolute Gasteiger partial charge is 0.480 e. The van der Waals surface area contributed by atoms with E-state index in [1.54, 1.807) is 7.11 Å². The zero-order chi connectivity index (χ0) is 15.4. The SMILES string of the molecule is COc1ncc(C2CCCCC2)cc1N1CCCN(C)CC1. The Morgan fingerprint density at radius 2 is 1.86 bits per heavy atom. The van der Waals surface area contributed by atoms with Crippen molar-refractivity contribution in [1.29, 1.82) is 0 Å². The van der Waals surface area contributed by atoms with E-state index in [0.717, 1.165) is 25.5 Å². The topological polar surface area (TPSA) is 28.6 Å². The molecule has 1 aliphatic carbocycles. The summed E-state index contributed by atoms with van der Waals surface area (Å²) >= 11 is 0. The van der Waals surface area contributed by atoms with Gasteiger partial charge in [0, 0.05) is 25.8 Å². The summed E-state index contributed by atoms with van der Waals surface area (Å²) < 4.78 is 5.54. The van der Waals surface area contributed by atoms with Gasteiger partial charge in [-0.1, -0.05) is 19.3 Å². The number of hydrogen-bond donors (Lipinski definition) is 0. The molecule has 2 aliphatic rings. The fraction of sp³-hybridized carbons (Fsp3) is 0.722. The molecule has 1 aliphatic heterocycles. The molecule has 0 unspecified atom stereocenters. The molecule has 2 fully saturated rings. The minimum atomic E-state index is 0.695. The number of aromatic nitrogens is 1. The molecule has 0 aromatic carbocycles. The lowest BCUT2D eigenvalue weighted by Crippen LogP contribution is -2.29. The second-order valence-corrected chi connectivity index (χ2v) is 6.78. The molecular formula is C18H29N3O. The van der Waals surface area contributed by atoms with E-state index in [1.165, 1.54) is 56.3 Å². The monoisotopic (exact) mass is 303 g/mol. The van der Waals surface area contributed by atoms with Gasteiger partial charge in [-0.15, -0.1) is 0 Å². The van der Waals surface area contributed by atoms with Crippen LogP contribution < -0.4 is 9.64 Å². The third-order valence-electron chi connectivity index (χ3n) is 5.18. The number of rotatable bonds is 3. The Balaban J connectivity index is 1.83. The molecule has 1 saturated heterocycles. The van der Waals surface area contributed by atoms with Crippen molar-refractivity contribution in [1.82, 2.24) is 9.88 Å². The molecule has 0 radical (unpaired) electrons. The summed E-state index contributed by atoms with van der Waals surface area (Å²) in [6.45, 7) is 4.44. The molecule has 0 spiro atoms. The summed E-state index contributed by atoms with van der Waals surface area (Å²) in [6.07, 6.45) is 9.99. The maximum Gasteiger partial charge on any atom is 0.237 e. The highest BCUT2D eigenvalue weighted by atomic mass is 16.5. The number of ether oxygens (including phenoxy) is 1. The van der Waals surface area contributed by atoms with Crippen LogP contribution in [0.2, 0.25) is 0 Å². The van der Waals surface area contributed by atoms with Crippen molar-refractivity contribution in [2.24, 2.45) is 0 Å². The van der Waals surface area contributed by atoms with Gasteiger partial charge in [0.15, 0.2) is 0 Å². The predicted octanol–water partition coefficient (Wildman–Crippen LogP) is 3.28. The van der Waals surface area contributed by atoms with E-state index in [9.17, 15) is 0 Å². The van der Waals surface area contributed by atoms with Crippen molar-refractivity contribution >= 4 is 5.69 Å². The van der Waals surface area contributed by atoms with Crippen molar-refractivity contribution in [2.45, 2.75) is 44.4 Å². The maximum atomic E-state index is 5.54. The predicted molar refractivity (Wildman–Crippen MR) is 90.9 cm³/mol.